The van der Waals surface area contributed by atoms with Crippen LogP contribution in [0.5, 0.6) is 0 Å². The van der Waals surface area contributed by atoms with Gasteiger partial charge >= 0.3 is 0 Å². The van der Waals surface area contributed by atoms with Gasteiger partial charge in [0.2, 0.25) is 0 Å². The first-order valence-electron chi connectivity index (χ1n) is 9.93. The summed E-state index contributed by atoms with van der Waals surface area (Å²) < 4.78 is 48.6. The lowest BCUT2D eigenvalue weighted by Crippen LogP contribution is -2.44. The van der Waals surface area contributed by atoms with Gasteiger partial charge in [0.25, 0.3) is 10.1 Å². The third-order valence-corrected chi connectivity index (χ3v) is 6.41. The monoisotopic (exact) mass is 408 g/mol. The van der Waals surface area contributed by atoms with Crippen molar-refractivity contribution in [2.75, 3.05) is 6.26 Å². The molecule has 0 bridgehead atoms. The molecular formula is C22H29FO4S. The van der Waals surface area contributed by atoms with Crippen LogP contribution in [0.15, 0.2) is 54.4 Å². The number of ether oxygens (including phenoxy) is 1. The summed E-state index contributed by atoms with van der Waals surface area (Å²) in [5.41, 5.74) is 1.07. The molecule has 2 aliphatic rings. The zero-order chi connectivity index (χ0) is 20.1. The fraction of sp³-hybridized carbons (Fsp3) is 0.545. The summed E-state index contributed by atoms with van der Waals surface area (Å²) in [5.74, 6) is 0.335. The van der Waals surface area contributed by atoms with E-state index >= 15 is 0 Å². The Labute approximate surface area is 167 Å². The molecule has 0 spiro atoms. The average molecular weight is 409 g/mol. The van der Waals surface area contributed by atoms with Gasteiger partial charge in [-0.05, 0) is 48.3 Å². The van der Waals surface area contributed by atoms with Gasteiger partial charge in [-0.2, -0.15) is 8.42 Å². The molecule has 0 N–H and O–H groups in total. The zero-order valence-electron chi connectivity index (χ0n) is 16.5. The fourth-order valence-electron chi connectivity index (χ4n) is 4.37. The average Bonchev–Trinajstić information content (AvgIpc) is 2.67. The summed E-state index contributed by atoms with van der Waals surface area (Å²) in [6.45, 7) is 2.52. The molecule has 28 heavy (non-hydrogen) atoms. The van der Waals surface area contributed by atoms with Crippen LogP contribution < -0.4 is 0 Å². The van der Waals surface area contributed by atoms with E-state index in [9.17, 15) is 12.8 Å². The molecular weight excluding hydrogens is 379 g/mol. The van der Waals surface area contributed by atoms with Crippen molar-refractivity contribution in [2.24, 2.45) is 17.8 Å². The Bertz CT molecular complexity index is 803. The predicted molar refractivity (Wildman–Crippen MR) is 108 cm³/mol. The fourth-order valence-corrected chi connectivity index (χ4v) is 5.05. The van der Waals surface area contributed by atoms with Crippen molar-refractivity contribution in [1.82, 2.24) is 0 Å². The van der Waals surface area contributed by atoms with Gasteiger partial charge in [-0.3, -0.25) is 4.18 Å². The van der Waals surface area contributed by atoms with Crippen molar-refractivity contribution in [3.05, 3.63) is 60.0 Å². The van der Waals surface area contributed by atoms with Gasteiger partial charge in [-0.25, -0.2) is 4.39 Å². The van der Waals surface area contributed by atoms with E-state index in [-0.39, 0.29) is 35.8 Å². The first kappa shape index (κ1) is 21.2. The second-order valence-corrected chi connectivity index (χ2v) is 9.43. The first-order chi connectivity index (χ1) is 13.4. The number of allylic oxidation sites excluding steroid dienone is 4. The lowest BCUT2D eigenvalue weighted by molar-refractivity contribution is -0.0816. The highest BCUT2D eigenvalue weighted by Crippen LogP contribution is 2.42. The number of rotatable bonds is 7. The van der Waals surface area contributed by atoms with E-state index < -0.39 is 10.1 Å². The number of hydrogen-bond acceptors (Lipinski definition) is 4. The number of halogens is 1. The van der Waals surface area contributed by atoms with E-state index in [1.165, 1.54) is 6.08 Å². The minimum atomic E-state index is -3.54. The van der Waals surface area contributed by atoms with E-state index in [1.54, 1.807) is 6.08 Å². The Hall–Kier alpha value is -1.50. The Morgan fingerprint density at radius 3 is 2.50 bits per heavy atom. The second-order valence-electron chi connectivity index (χ2n) is 7.83. The second kappa shape index (κ2) is 9.33. The summed E-state index contributed by atoms with van der Waals surface area (Å²) in [7, 11) is -3.54. The lowest BCUT2D eigenvalue weighted by atomic mass is 9.69. The quantitative estimate of drug-likeness (QED) is 0.609. The smallest absolute Gasteiger partial charge is 0.264 e. The SMILES string of the molecule is CCC1CC(C2C=CC(F)=CC2)C(OCc2ccccc2)CC1OS(C)(=O)=O. The summed E-state index contributed by atoms with van der Waals surface area (Å²) in [6, 6.07) is 9.92. The molecule has 0 amide bonds. The van der Waals surface area contributed by atoms with Crippen LogP contribution in [-0.4, -0.2) is 26.9 Å². The van der Waals surface area contributed by atoms with Gasteiger partial charge in [-0.15, -0.1) is 0 Å². The highest BCUT2D eigenvalue weighted by atomic mass is 32.2. The Balaban J connectivity index is 1.77. The molecule has 0 radical (unpaired) electrons. The molecule has 0 saturated heterocycles. The molecule has 1 aromatic carbocycles. The van der Waals surface area contributed by atoms with Crippen LogP contribution in [-0.2, 0) is 25.6 Å². The van der Waals surface area contributed by atoms with Crippen molar-refractivity contribution in [2.45, 2.75) is 51.4 Å². The number of benzene rings is 1. The summed E-state index contributed by atoms with van der Waals surface area (Å²) in [4.78, 5) is 0. The summed E-state index contributed by atoms with van der Waals surface area (Å²) in [6.07, 6.45) is 8.49. The van der Waals surface area contributed by atoms with Crippen LogP contribution in [0.1, 0.15) is 38.2 Å². The van der Waals surface area contributed by atoms with Gasteiger partial charge in [-0.1, -0.05) is 49.8 Å². The van der Waals surface area contributed by atoms with Crippen LogP contribution in [0, 0.1) is 17.8 Å². The van der Waals surface area contributed by atoms with Crippen LogP contribution in [0.25, 0.3) is 0 Å². The molecule has 0 aliphatic heterocycles. The Morgan fingerprint density at radius 2 is 1.89 bits per heavy atom. The van der Waals surface area contributed by atoms with Gasteiger partial charge in [0.15, 0.2) is 0 Å². The number of hydrogen-bond donors (Lipinski definition) is 0. The van der Waals surface area contributed by atoms with Gasteiger partial charge in [0, 0.05) is 6.42 Å². The van der Waals surface area contributed by atoms with Gasteiger partial charge in [0.05, 0.1) is 25.1 Å². The maximum atomic E-state index is 13.4. The highest BCUT2D eigenvalue weighted by Gasteiger charge is 2.41. The molecule has 1 aromatic rings. The van der Waals surface area contributed by atoms with Gasteiger partial charge in [0.1, 0.15) is 5.83 Å². The normalized spacial score (nSPS) is 30.8. The summed E-state index contributed by atoms with van der Waals surface area (Å²) >= 11 is 0. The third-order valence-electron chi connectivity index (χ3n) is 5.81. The maximum absolute atomic E-state index is 13.4. The van der Waals surface area contributed by atoms with Crippen LogP contribution in [0.3, 0.4) is 0 Å². The lowest BCUT2D eigenvalue weighted by Gasteiger charge is -2.43. The minimum absolute atomic E-state index is 0.139. The highest BCUT2D eigenvalue weighted by molar-refractivity contribution is 7.86. The Kier molecular flexibility index (Phi) is 7.07. The molecule has 1 saturated carbocycles. The molecule has 0 heterocycles. The standard InChI is InChI=1S/C22H29FO4S/c1-3-17-13-20(18-9-11-19(23)12-10-18)22(14-21(17)27-28(2,24)25)26-15-16-7-5-4-6-8-16/h4-9,11-12,17-18,20-22H,3,10,13-15H2,1-2H3. The Morgan fingerprint density at radius 1 is 1.14 bits per heavy atom. The van der Waals surface area contributed by atoms with E-state index in [1.807, 2.05) is 36.4 Å². The van der Waals surface area contributed by atoms with E-state index in [0.29, 0.717) is 19.4 Å². The van der Waals surface area contributed by atoms with E-state index in [0.717, 1.165) is 24.7 Å². The van der Waals surface area contributed by atoms with Crippen LogP contribution >= 0.6 is 0 Å². The molecule has 154 valence electrons. The largest absolute Gasteiger partial charge is 0.373 e. The van der Waals surface area contributed by atoms with Crippen LogP contribution in [0.4, 0.5) is 4.39 Å². The van der Waals surface area contributed by atoms with Crippen molar-refractivity contribution in [3.8, 4) is 0 Å². The molecule has 6 heteroatoms. The van der Waals surface area contributed by atoms with Crippen LogP contribution in [0.2, 0.25) is 0 Å². The zero-order valence-corrected chi connectivity index (χ0v) is 17.3. The summed E-state index contributed by atoms with van der Waals surface area (Å²) in [5, 5.41) is 0. The van der Waals surface area contributed by atoms with Gasteiger partial charge < -0.3 is 4.74 Å². The molecule has 5 unspecified atom stereocenters. The third kappa shape index (κ3) is 5.75. The van der Waals surface area contributed by atoms with Crippen molar-refractivity contribution in [1.29, 1.82) is 0 Å². The molecule has 0 aromatic heterocycles. The minimum Gasteiger partial charge on any atom is -0.373 e. The molecule has 4 nitrogen and oxygen atoms in total. The van der Waals surface area contributed by atoms with Crippen molar-refractivity contribution < 1.29 is 21.7 Å². The van der Waals surface area contributed by atoms with Crippen molar-refractivity contribution in [3.63, 3.8) is 0 Å². The molecule has 3 rings (SSSR count). The predicted octanol–water partition coefficient (Wildman–Crippen LogP) is 4.78. The maximum Gasteiger partial charge on any atom is 0.264 e. The van der Waals surface area contributed by atoms with E-state index in [2.05, 4.69) is 6.92 Å². The molecule has 2 aliphatic carbocycles. The molecule has 5 atom stereocenters. The topological polar surface area (TPSA) is 52.6 Å². The molecule has 1 fully saturated rings. The van der Waals surface area contributed by atoms with E-state index in [4.69, 9.17) is 8.92 Å². The first-order valence-corrected chi connectivity index (χ1v) is 11.7. The van der Waals surface area contributed by atoms with Crippen molar-refractivity contribution >= 4 is 10.1 Å².